The summed E-state index contributed by atoms with van der Waals surface area (Å²) in [6.45, 7) is 5.75. The fraction of sp³-hybridized carbons (Fsp3) is 0.667. The molecule has 2 aliphatic heterocycles. The lowest BCUT2D eigenvalue weighted by Crippen LogP contribution is -2.52. The topological polar surface area (TPSA) is 65.1 Å². The Morgan fingerprint density at radius 2 is 1.77 bits per heavy atom. The zero-order valence-electron chi connectivity index (χ0n) is 18.9. The lowest BCUT2D eigenvalue weighted by Gasteiger charge is -2.42. The predicted molar refractivity (Wildman–Crippen MR) is 120 cm³/mol. The summed E-state index contributed by atoms with van der Waals surface area (Å²) < 4.78 is 5.38. The van der Waals surface area contributed by atoms with Gasteiger partial charge in [-0.1, -0.05) is 24.3 Å². The van der Waals surface area contributed by atoms with Gasteiger partial charge in [-0.15, -0.1) is 0 Å². The number of likely N-dealkylation sites (tertiary alicyclic amines) is 1. The number of likely N-dealkylation sites (N-methyl/N-ethyl adjacent to an activating group) is 1. The third-order valence-corrected chi connectivity index (χ3v) is 7.19. The molecule has 4 rings (SSSR count). The van der Waals surface area contributed by atoms with Gasteiger partial charge in [0, 0.05) is 45.7 Å². The van der Waals surface area contributed by atoms with E-state index in [2.05, 4.69) is 34.5 Å². The number of rotatable bonds is 5. The fourth-order valence-electron chi connectivity index (χ4n) is 5.48. The standard InChI is InChI=1S/C24H36N4O3/c1-26(2)12-9-25-22(29)17-19-18-24(21-6-4-3-5-20(19)21)7-10-27(11-8-24)23(30)28-13-15-31-16-14-28/h3-6,19H,7-18H2,1-2H3,(H,25,29)/t19-/m0/s1. The summed E-state index contributed by atoms with van der Waals surface area (Å²) in [5.74, 6) is 0.399. The normalized spacial score (nSPS) is 22.6. The van der Waals surface area contributed by atoms with Gasteiger partial charge in [0.2, 0.25) is 5.91 Å². The van der Waals surface area contributed by atoms with E-state index in [1.807, 2.05) is 23.9 Å². The molecule has 3 aliphatic rings. The van der Waals surface area contributed by atoms with E-state index in [9.17, 15) is 9.59 Å². The zero-order valence-corrected chi connectivity index (χ0v) is 18.9. The number of amides is 3. The molecule has 0 saturated carbocycles. The molecule has 1 aromatic rings. The Labute approximate surface area is 185 Å². The third-order valence-electron chi connectivity index (χ3n) is 7.19. The summed E-state index contributed by atoms with van der Waals surface area (Å²) in [7, 11) is 4.03. The molecule has 0 aromatic heterocycles. The van der Waals surface area contributed by atoms with Gasteiger partial charge >= 0.3 is 6.03 Å². The van der Waals surface area contributed by atoms with Crippen LogP contribution in [0.1, 0.15) is 42.7 Å². The number of carbonyl (C=O) groups is 2. The molecule has 7 heteroatoms. The Balaban J connectivity index is 1.39. The molecule has 7 nitrogen and oxygen atoms in total. The van der Waals surface area contributed by atoms with Crippen LogP contribution in [0, 0.1) is 0 Å². The molecule has 2 fully saturated rings. The highest BCUT2D eigenvalue weighted by Gasteiger charge is 2.46. The number of hydrogen-bond donors (Lipinski definition) is 1. The van der Waals surface area contributed by atoms with E-state index in [0.29, 0.717) is 39.3 Å². The van der Waals surface area contributed by atoms with E-state index in [-0.39, 0.29) is 23.3 Å². The quantitative estimate of drug-likeness (QED) is 0.779. The third kappa shape index (κ3) is 4.88. The monoisotopic (exact) mass is 428 g/mol. The summed E-state index contributed by atoms with van der Waals surface area (Å²) in [6.07, 6.45) is 3.49. The Kier molecular flexibility index (Phi) is 6.82. The lowest BCUT2D eigenvalue weighted by atomic mass is 9.73. The van der Waals surface area contributed by atoms with Crippen molar-refractivity contribution in [3.05, 3.63) is 35.4 Å². The average Bonchev–Trinajstić information content (AvgIpc) is 3.07. The molecule has 0 bridgehead atoms. The highest BCUT2D eigenvalue weighted by molar-refractivity contribution is 5.77. The number of piperidine rings is 1. The maximum absolute atomic E-state index is 12.9. The summed E-state index contributed by atoms with van der Waals surface area (Å²) in [4.78, 5) is 31.5. The van der Waals surface area contributed by atoms with Crippen LogP contribution in [-0.4, -0.2) is 93.2 Å². The van der Waals surface area contributed by atoms with Crippen LogP contribution >= 0.6 is 0 Å². The Morgan fingerprint density at radius 3 is 2.48 bits per heavy atom. The molecule has 0 radical (unpaired) electrons. The maximum Gasteiger partial charge on any atom is 0.320 e. The molecule has 1 spiro atoms. The SMILES string of the molecule is CN(C)CCNC(=O)C[C@H]1CC2(CCN(C(=O)N3CCOCC3)CC2)c2ccccc21. The van der Waals surface area contributed by atoms with Gasteiger partial charge < -0.3 is 24.8 Å². The molecule has 0 unspecified atom stereocenters. The number of fused-ring (bicyclic) bond motifs is 2. The first-order valence-electron chi connectivity index (χ1n) is 11.6. The predicted octanol–water partition coefficient (Wildman–Crippen LogP) is 2.03. The first-order valence-corrected chi connectivity index (χ1v) is 11.6. The second kappa shape index (κ2) is 9.57. The first kappa shape index (κ1) is 22.1. The molecule has 2 heterocycles. The molecule has 1 aromatic carbocycles. The minimum absolute atomic E-state index is 0.0902. The molecule has 3 amide bonds. The van der Waals surface area contributed by atoms with E-state index in [1.54, 1.807) is 0 Å². The van der Waals surface area contributed by atoms with Crippen molar-refractivity contribution in [1.29, 1.82) is 0 Å². The van der Waals surface area contributed by atoms with Crippen molar-refractivity contribution in [3.8, 4) is 0 Å². The van der Waals surface area contributed by atoms with Crippen LogP contribution in [0.5, 0.6) is 0 Å². The minimum Gasteiger partial charge on any atom is -0.378 e. The number of hydrogen-bond acceptors (Lipinski definition) is 4. The van der Waals surface area contributed by atoms with Crippen LogP contribution in [0.15, 0.2) is 24.3 Å². The lowest BCUT2D eigenvalue weighted by molar-refractivity contribution is -0.121. The van der Waals surface area contributed by atoms with Gasteiger partial charge in [-0.3, -0.25) is 4.79 Å². The van der Waals surface area contributed by atoms with Gasteiger partial charge in [0.1, 0.15) is 0 Å². The second-order valence-electron chi connectivity index (χ2n) is 9.50. The van der Waals surface area contributed by atoms with Crippen LogP contribution < -0.4 is 5.32 Å². The van der Waals surface area contributed by atoms with E-state index in [4.69, 9.17) is 4.74 Å². The highest BCUT2D eigenvalue weighted by Crippen LogP contribution is 2.52. The number of morpholine rings is 1. The van der Waals surface area contributed by atoms with Crippen molar-refractivity contribution in [2.45, 2.75) is 37.0 Å². The zero-order chi connectivity index (χ0) is 21.8. The number of ether oxygens (including phenoxy) is 1. The van der Waals surface area contributed by atoms with Crippen LogP contribution in [0.2, 0.25) is 0 Å². The van der Waals surface area contributed by atoms with Crippen molar-refractivity contribution >= 4 is 11.9 Å². The number of carbonyl (C=O) groups excluding carboxylic acids is 2. The van der Waals surface area contributed by atoms with Crippen molar-refractivity contribution < 1.29 is 14.3 Å². The van der Waals surface area contributed by atoms with E-state index in [1.165, 1.54) is 11.1 Å². The summed E-state index contributed by atoms with van der Waals surface area (Å²) in [6, 6.07) is 8.81. The summed E-state index contributed by atoms with van der Waals surface area (Å²) >= 11 is 0. The molecule has 1 aliphatic carbocycles. The Bertz CT molecular complexity index is 783. The smallest absolute Gasteiger partial charge is 0.320 e. The molecule has 31 heavy (non-hydrogen) atoms. The number of nitrogens with one attached hydrogen (secondary N) is 1. The Hall–Kier alpha value is -2.12. The van der Waals surface area contributed by atoms with Crippen LogP contribution in [-0.2, 0) is 14.9 Å². The molecule has 1 N–H and O–H groups in total. The average molecular weight is 429 g/mol. The number of nitrogens with zero attached hydrogens (tertiary/aromatic N) is 3. The van der Waals surface area contributed by atoms with E-state index in [0.717, 1.165) is 38.9 Å². The van der Waals surface area contributed by atoms with Crippen LogP contribution in [0.4, 0.5) is 4.79 Å². The minimum atomic E-state index is 0.0902. The van der Waals surface area contributed by atoms with Gasteiger partial charge in [0.25, 0.3) is 0 Å². The van der Waals surface area contributed by atoms with Gasteiger partial charge in [-0.2, -0.15) is 0 Å². The van der Waals surface area contributed by atoms with Crippen molar-refractivity contribution in [1.82, 2.24) is 20.0 Å². The second-order valence-corrected chi connectivity index (χ2v) is 9.50. The molecule has 2 saturated heterocycles. The van der Waals surface area contributed by atoms with Gasteiger partial charge in [0.15, 0.2) is 0 Å². The number of benzene rings is 1. The van der Waals surface area contributed by atoms with Crippen molar-refractivity contribution in [2.75, 3.05) is 66.6 Å². The molecule has 170 valence electrons. The van der Waals surface area contributed by atoms with Crippen molar-refractivity contribution in [3.63, 3.8) is 0 Å². The van der Waals surface area contributed by atoms with Gasteiger partial charge in [-0.25, -0.2) is 4.79 Å². The van der Waals surface area contributed by atoms with Crippen LogP contribution in [0.25, 0.3) is 0 Å². The summed E-state index contributed by atoms with van der Waals surface area (Å²) in [5, 5.41) is 3.07. The number of urea groups is 1. The molecular formula is C24H36N4O3. The summed E-state index contributed by atoms with van der Waals surface area (Å²) in [5.41, 5.74) is 2.82. The largest absolute Gasteiger partial charge is 0.378 e. The van der Waals surface area contributed by atoms with E-state index >= 15 is 0 Å². The highest BCUT2D eigenvalue weighted by atomic mass is 16.5. The van der Waals surface area contributed by atoms with Crippen LogP contribution in [0.3, 0.4) is 0 Å². The van der Waals surface area contributed by atoms with Crippen molar-refractivity contribution in [2.24, 2.45) is 0 Å². The molecular weight excluding hydrogens is 392 g/mol. The van der Waals surface area contributed by atoms with E-state index < -0.39 is 0 Å². The van der Waals surface area contributed by atoms with Gasteiger partial charge in [0.05, 0.1) is 13.2 Å². The Morgan fingerprint density at radius 1 is 1.10 bits per heavy atom. The maximum atomic E-state index is 12.9. The molecule has 1 atom stereocenters. The first-order chi connectivity index (χ1) is 15.0. The van der Waals surface area contributed by atoms with Gasteiger partial charge in [-0.05, 0) is 55.8 Å². The fourth-order valence-corrected chi connectivity index (χ4v) is 5.48.